The normalized spacial score (nSPS) is 18.3. The third kappa shape index (κ3) is 3.55. The Labute approximate surface area is 104 Å². The maximum Gasteiger partial charge on any atom is 0.108 e. The highest BCUT2D eigenvalue weighted by Gasteiger charge is 2.19. The van der Waals surface area contributed by atoms with Gasteiger partial charge in [-0.05, 0) is 32.3 Å². The Morgan fingerprint density at radius 3 is 2.53 bits per heavy atom. The summed E-state index contributed by atoms with van der Waals surface area (Å²) < 4.78 is 5.94. The van der Waals surface area contributed by atoms with E-state index in [-0.39, 0.29) is 6.10 Å². The van der Waals surface area contributed by atoms with Gasteiger partial charge in [0.25, 0.3) is 0 Å². The van der Waals surface area contributed by atoms with Gasteiger partial charge >= 0.3 is 0 Å². The van der Waals surface area contributed by atoms with Crippen LogP contribution in [0.2, 0.25) is 0 Å². The minimum Gasteiger partial charge on any atom is -0.494 e. The lowest BCUT2D eigenvalue weighted by atomic mass is 10.0. The maximum absolute atomic E-state index is 7.93. The van der Waals surface area contributed by atoms with Crippen LogP contribution in [0, 0.1) is 16.7 Å². The van der Waals surface area contributed by atoms with Crippen molar-refractivity contribution in [2.75, 3.05) is 0 Å². The van der Waals surface area contributed by atoms with Crippen LogP contribution in [0.4, 0.5) is 0 Å². The van der Waals surface area contributed by atoms with E-state index in [0.29, 0.717) is 22.9 Å². The topological polar surface area (TPSA) is 56.9 Å². The number of ether oxygens (including phenoxy) is 1. The van der Waals surface area contributed by atoms with Crippen molar-refractivity contribution in [3.05, 3.63) is 23.5 Å². The first kappa shape index (κ1) is 13.7. The molecule has 0 heterocycles. The molecule has 0 bridgehead atoms. The molecule has 17 heavy (non-hydrogen) atoms. The van der Waals surface area contributed by atoms with Gasteiger partial charge in [0.15, 0.2) is 0 Å². The largest absolute Gasteiger partial charge is 0.494 e. The highest BCUT2D eigenvalue weighted by molar-refractivity contribution is 6.25. The van der Waals surface area contributed by atoms with E-state index in [1.54, 1.807) is 13.0 Å². The standard InChI is InChI=1S/C14H22N2O/c1-9(2)11(4)17-13-8-6-5-7-12(16)14(13)10(3)15/h5,7,9,11,15-16H,6,8H2,1-4H3. The maximum atomic E-state index is 7.93. The van der Waals surface area contributed by atoms with E-state index in [0.717, 1.165) is 18.6 Å². The summed E-state index contributed by atoms with van der Waals surface area (Å²) in [5, 5.41) is 15.7. The zero-order chi connectivity index (χ0) is 13.0. The summed E-state index contributed by atoms with van der Waals surface area (Å²) in [6, 6.07) is 0. The zero-order valence-corrected chi connectivity index (χ0v) is 11.1. The molecular formula is C14H22N2O. The van der Waals surface area contributed by atoms with Crippen LogP contribution in [0.5, 0.6) is 0 Å². The van der Waals surface area contributed by atoms with Gasteiger partial charge in [-0.25, -0.2) is 0 Å². The molecule has 0 saturated heterocycles. The quantitative estimate of drug-likeness (QED) is 0.716. The SMILES string of the molecule is CC(=N)C1=C(OC(C)C(C)C)CCC=CC1=N. The average molecular weight is 234 g/mol. The van der Waals surface area contributed by atoms with Crippen LogP contribution in [0.1, 0.15) is 40.5 Å². The first-order valence-corrected chi connectivity index (χ1v) is 6.14. The van der Waals surface area contributed by atoms with Crippen molar-refractivity contribution in [1.82, 2.24) is 0 Å². The average Bonchev–Trinajstić information content (AvgIpc) is 2.39. The number of nitrogens with one attached hydrogen (secondary N) is 2. The van der Waals surface area contributed by atoms with E-state index >= 15 is 0 Å². The summed E-state index contributed by atoms with van der Waals surface area (Å²) >= 11 is 0. The summed E-state index contributed by atoms with van der Waals surface area (Å²) in [4.78, 5) is 0. The van der Waals surface area contributed by atoms with Crippen LogP contribution >= 0.6 is 0 Å². The van der Waals surface area contributed by atoms with Crippen molar-refractivity contribution >= 4 is 11.4 Å². The highest BCUT2D eigenvalue weighted by atomic mass is 16.5. The third-order valence-electron chi connectivity index (χ3n) is 3.01. The minimum absolute atomic E-state index is 0.116. The van der Waals surface area contributed by atoms with Crippen LogP contribution in [0.25, 0.3) is 0 Å². The van der Waals surface area contributed by atoms with Crippen LogP contribution < -0.4 is 0 Å². The molecule has 94 valence electrons. The molecule has 1 unspecified atom stereocenters. The van der Waals surface area contributed by atoms with E-state index < -0.39 is 0 Å². The molecule has 3 heteroatoms. The molecule has 0 aliphatic heterocycles. The second-order valence-corrected chi connectivity index (χ2v) is 4.84. The monoisotopic (exact) mass is 234 g/mol. The van der Waals surface area contributed by atoms with Gasteiger partial charge in [-0.15, -0.1) is 0 Å². The van der Waals surface area contributed by atoms with Crippen LogP contribution in [0.3, 0.4) is 0 Å². The van der Waals surface area contributed by atoms with E-state index in [1.165, 1.54) is 0 Å². The van der Waals surface area contributed by atoms with Gasteiger partial charge in [0, 0.05) is 12.1 Å². The fraction of sp³-hybridized carbons (Fsp3) is 0.571. The van der Waals surface area contributed by atoms with Gasteiger partial charge in [0.1, 0.15) is 5.76 Å². The Hall–Kier alpha value is -1.38. The van der Waals surface area contributed by atoms with E-state index in [1.807, 2.05) is 13.0 Å². The lowest BCUT2D eigenvalue weighted by molar-refractivity contribution is 0.0864. The first-order chi connectivity index (χ1) is 7.93. The van der Waals surface area contributed by atoms with Crippen molar-refractivity contribution in [1.29, 1.82) is 10.8 Å². The summed E-state index contributed by atoms with van der Waals surface area (Å²) in [7, 11) is 0. The number of allylic oxidation sites excluding steroid dienone is 4. The molecule has 0 aromatic carbocycles. The Kier molecular flexibility index (Phi) is 4.67. The first-order valence-electron chi connectivity index (χ1n) is 6.14. The second-order valence-electron chi connectivity index (χ2n) is 4.84. The molecule has 0 radical (unpaired) electrons. The van der Waals surface area contributed by atoms with Gasteiger partial charge in [-0.3, -0.25) is 0 Å². The van der Waals surface area contributed by atoms with E-state index in [4.69, 9.17) is 15.6 Å². The molecule has 1 aliphatic rings. The van der Waals surface area contributed by atoms with Gasteiger partial charge in [-0.2, -0.15) is 0 Å². The highest BCUT2D eigenvalue weighted by Crippen LogP contribution is 2.23. The molecule has 3 nitrogen and oxygen atoms in total. The molecule has 0 spiro atoms. The second kappa shape index (κ2) is 5.80. The van der Waals surface area contributed by atoms with E-state index in [2.05, 4.69) is 13.8 Å². The zero-order valence-electron chi connectivity index (χ0n) is 11.1. The Balaban J connectivity index is 3.01. The molecule has 0 aromatic heterocycles. The van der Waals surface area contributed by atoms with Gasteiger partial charge in [-0.1, -0.05) is 19.9 Å². The molecule has 1 atom stereocenters. The van der Waals surface area contributed by atoms with Gasteiger partial charge < -0.3 is 15.6 Å². The lowest BCUT2D eigenvalue weighted by Crippen LogP contribution is -2.19. The Morgan fingerprint density at radius 1 is 1.35 bits per heavy atom. The van der Waals surface area contributed by atoms with Crippen LogP contribution in [-0.4, -0.2) is 17.5 Å². The fourth-order valence-corrected chi connectivity index (χ4v) is 1.66. The Morgan fingerprint density at radius 2 is 2.00 bits per heavy atom. The molecule has 0 aromatic rings. The minimum atomic E-state index is 0.116. The number of hydrogen-bond donors (Lipinski definition) is 2. The van der Waals surface area contributed by atoms with Crippen molar-refractivity contribution < 1.29 is 4.74 Å². The molecule has 2 N–H and O–H groups in total. The van der Waals surface area contributed by atoms with E-state index in [9.17, 15) is 0 Å². The number of hydrogen-bond acceptors (Lipinski definition) is 3. The van der Waals surface area contributed by atoms with Gasteiger partial charge in [0.05, 0.1) is 17.4 Å². The summed E-state index contributed by atoms with van der Waals surface area (Å²) in [5.41, 5.74) is 1.46. The van der Waals surface area contributed by atoms with Gasteiger partial charge in [0.2, 0.25) is 0 Å². The molecule has 0 fully saturated rings. The molecule has 0 saturated carbocycles. The predicted octanol–water partition coefficient (Wildman–Crippen LogP) is 3.71. The molecule has 1 aliphatic carbocycles. The Bertz CT molecular complexity index is 378. The predicted molar refractivity (Wildman–Crippen MR) is 71.9 cm³/mol. The third-order valence-corrected chi connectivity index (χ3v) is 3.01. The van der Waals surface area contributed by atoms with Crippen molar-refractivity contribution in [2.45, 2.75) is 46.6 Å². The van der Waals surface area contributed by atoms with Crippen molar-refractivity contribution in [3.8, 4) is 0 Å². The molecule has 0 amide bonds. The number of rotatable bonds is 4. The van der Waals surface area contributed by atoms with Crippen molar-refractivity contribution in [2.24, 2.45) is 5.92 Å². The molecule has 1 rings (SSSR count). The summed E-state index contributed by atoms with van der Waals surface area (Å²) in [6.07, 6.45) is 5.51. The summed E-state index contributed by atoms with van der Waals surface area (Å²) in [6.45, 7) is 7.98. The van der Waals surface area contributed by atoms with Crippen LogP contribution in [0.15, 0.2) is 23.5 Å². The molecular weight excluding hydrogens is 212 g/mol. The smallest absolute Gasteiger partial charge is 0.108 e. The van der Waals surface area contributed by atoms with Crippen LogP contribution in [-0.2, 0) is 4.74 Å². The summed E-state index contributed by atoms with van der Waals surface area (Å²) in [5.74, 6) is 1.23. The van der Waals surface area contributed by atoms with Crippen molar-refractivity contribution in [3.63, 3.8) is 0 Å². The fourth-order valence-electron chi connectivity index (χ4n) is 1.66. The lowest BCUT2D eigenvalue weighted by Gasteiger charge is -2.22.